The number of hydrogen-bond acceptors (Lipinski definition) is 4. The molecule has 1 rings (SSSR count). The lowest BCUT2D eigenvalue weighted by Crippen LogP contribution is -2.39. The van der Waals surface area contributed by atoms with Gasteiger partial charge in [-0.05, 0) is 24.8 Å². The Morgan fingerprint density at radius 1 is 1.67 bits per heavy atom. The molecule has 2 unspecified atom stereocenters. The van der Waals surface area contributed by atoms with E-state index in [0.717, 1.165) is 25.2 Å². The van der Waals surface area contributed by atoms with Crippen LogP contribution in [0.2, 0.25) is 0 Å². The highest BCUT2D eigenvalue weighted by Gasteiger charge is 2.16. The Hall–Kier alpha value is -0.190. The van der Waals surface area contributed by atoms with Crippen LogP contribution in [0.25, 0.3) is 0 Å². The molecule has 0 aromatic heterocycles. The molecule has 0 saturated carbocycles. The summed E-state index contributed by atoms with van der Waals surface area (Å²) >= 11 is 1.96. The van der Waals surface area contributed by atoms with Crippen LogP contribution in [-0.4, -0.2) is 23.7 Å². The summed E-state index contributed by atoms with van der Waals surface area (Å²) in [5, 5.41) is 0.700. The van der Waals surface area contributed by atoms with Crippen molar-refractivity contribution in [3.05, 3.63) is 11.8 Å². The van der Waals surface area contributed by atoms with Crippen LogP contribution < -0.4 is 11.3 Å². The average Bonchev–Trinajstić information content (AvgIpc) is 2.31. The number of rotatable bonds is 6. The highest BCUT2D eigenvalue weighted by Crippen LogP contribution is 2.21. The van der Waals surface area contributed by atoms with Crippen LogP contribution in [0, 0.1) is 0 Å². The fourth-order valence-corrected chi connectivity index (χ4v) is 2.55. The van der Waals surface area contributed by atoms with Crippen molar-refractivity contribution < 1.29 is 4.74 Å². The Bertz CT molecular complexity index is 209. The Morgan fingerprint density at radius 3 is 3.00 bits per heavy atom. The highest BCUT2D eigenvalue weighted by molar-refractivity contribution is 7.99. The van der Waals surface area contributed by atoms with E-state index in [9.17, 15) is 0 Å². The number of nitrogens with one attached hydrogen (secondary N) is 1. The first kappa shape index (κ1) is 12.9. The number of hydrazine groups is 1. The van der Waals surface area contributed by atoms with Crippen molar-refractivity contribution in [1.82, 2.24) is 5.43 Å². The fraction of sp³-hybridized carbons (Fsp3) is 0.818. The minimum atomic E-state index is 0.268. The second kappa shape index (κ2) is 7.14. The lowest BCUT2D eigenvalue weighted by molar-refractivity contribution is 0.220. The lowest BCUT2D eigenvalue weighted by atomic mass is 10.0. The van der Waals surface area contributed by atoms with Crippen LogP contribution in [0.15, 0.2) is 11.8 Å². The molecule has 2 atom stereocenters. The van der Waals surface area contributed by atoms with Gasteiger partial charge < -0.3 is 4.74 Å². The maximum atomic E-state index is 5.57. The van der Waals surface area contributed by atoms with Gasteiger partial charge in [-0.3, -0.25) is 11.3 Å². The van der Waals surface area contributed by atoms with Crippen molar-refractivity contribution in [2.45, 2.75) is 44.4 Å². The van der Waals surface area contributed by atoms with Gasteiger partial charge >= 0.3 is 0 Å². The van der Waals surface area contributed by atoms with E-state index in [-0.39, 0.29) is 6.04 Å². The zero-order valence-corrected chi connectivity index (χ0v) is 10.5. The maximum Gasteiger partial charge on any atom is 0.0876 e. The molecule has 0 spiro atoms. The summed E-state index contributed by atoms with van der Waals surface area (Å²) in [4.78, 5) is 0. The van der Waals surface area contributed by atoms with Crippen molar-refractivity contribution >= 4 is 11.8 Å². The summed E-state index contributed by atoms with van der Waals surface area (Å²) in [5.41, 5.74) is 4.19. The molecule has 15 heavy (non-hydrogen) atoms. The Kier molecular flexibility index (Phi) is 6.13. The molecule has 0 amide bonds. The summed E-state index contributed by atoms with van der Waals surface area (Å²) in [7, 11) is 0. The van der Waals surface area contributed by atoms with E-state index in [1.807, 2.05) is 18.0 Å². The van der Waals surface area contributed by atoms with E-state index in [0.29, 0.717) is 5.25 Å². The molecule has 0 aromatic carbocycles. The molecular weight excluding hydrogens is 208 g/mol. The first-order valence-corrected chi connectivity index (χ1v) is 6.71. The second-order valence-electron chi connectivity index (χ2n) is 3.94. The Balaban J connectivity index is 2.37. The molecule has 1 aliphatic heterocycles. The van der Waals surface area contributed by atoms with Crippen LogP contribution in [0.5, 0.6) is 0 Å². The summed E-state index contributed by atoms with van der Waals surface area (Å²) in [6.07, 6.45) is 5.30. The van der Waals surface area contributed by atoms with Crippen LogP contribution in [0.4, 0.5) is 0 Å². The van der Waals surface area contributed by atoms with Crippen molar-refractivity contribution in [1.29, 1.82) is 0 Å². The van der Waals surface area contributed by atoms with E-state index in [1.54, 1.807) is 0 Å². The normalized spacial score (nSPS) is 20.3. The number of ether oxygens (including phenoxy) is 1. The van der Waals surface area contributed by atoms with Gasteiger partial charge in [0.1, 0.15) is 0 Å². The third-order valence-corrected chi connectivity index (χ3v) is 4.16. The molecule has 0 aromatic rings. The number of thioether (sulfide) groups is 1. The summed E-state index contributed by atoms with van der Waals surface area (Å²) < 4.78 is 5.33. The molecule has 1 heterocycles. The van der Waals surface area contributed by atoms with Gasteiger partial charge in [0.25, 0.3) is 0 Å². The van der Waals surface area contributed by atoms with E-state index in [2.05, 4.69) is 19.3 Å². The second-order valence-corrected chi connectivity index (χ2v) is 5.41. The zero-order valence-electron chi connectivity index (χ0n) is 9.66. The van der Waals surface area contributed by atoms with Crippen LogP contribution in [0.1, 0.15) is 33.1 Å². The minimum Gasteiger partial charge on any atom is -0.501 e. The van der Waals surface area contributed by atoms with Crippen molar-refractivity contribution in [2.24, 2.45) is 5.84 Å². The van der Waals surface area contributed by atoms with Gasteiger partial charge in [-0.15, -0.1) is 0 Å². The number of hydrogen-bond donors (Lipinski definition) is 2. The maximum absolute atomic E-state index is 5.57. The van der Waals surface area contributed by atoms with E-state index in [1.165, 1.54) is 12.0 Å². The van der Waals surface area contributed by atoms with Crippen LogP contribution in [-0.2, 0) is 4.74 Å². The van der Waals surface area contributed by atoms with Gasteiger partial charge in [-0.2, -0.15) is 11.8 Å². The van der Waals surface area contributed by atoms with Crippen molar-refractivity contribution in [3.63, 3.8) is 0 Å². The molecule has 0 aliphatic carbocycles. The molecule has 0 fully saturated rings. The lowest BCUT2D eigenvalue weighted by Gasteiger charge is -2.23. The molecule has 0 bridgehead atoms. The van der Waals surface area contributed by atoms with E-state index < -0.39 is 0 Å². The Labute approximate surface area is 96.8 Å². The van der Waals surface area contributed by atoms with E-state index >= 15 is 0 Å². The van der Waals surface area contributed by atoms with E-state index in [4.69, 9.17) is 10.6 Å². The van der Waals surface area contributed by atoms with Gasteiger partial charge in [-0.1, -0.05) is 13.8 Å². The topological polar surface area (TPSA) is 47.3 Å². The van der Waals surface area contributed by atoms with Crippen molar-refractivity contribution in [3.8, 4) is 0 Å². The quantitative estimate of drug-likeness (QED) is 0.541. The van der Waals surface area contributed by atoms with Crippen LogP contribution >= 0.6 is 11.8 Å². The van der Waals surface area contributed by atoms with Gasteiger partial charge in [-0.25, -0.2) is 0 Å². The van der Waals surface area contributed by atoms with Crippen molar-refractivity contribution in [2.75, 3.05) is 12.4 Å². The summed E-state index contributed by atoms with van der Waals surface area (Å²) in [5.74, 6) is 6.60. The molecule has 3 nitrogen and oxygen atoms in total. The summed E-state index contributed by atoms with van der Waals surface area (Å²) in [6, 6.07) is 0.268. The molecule has 1 aliphatic rings. The molecule has 3 N–H and O–H groups in total. The molecule has 0 radical (unpaired) electrons. The zero-order chi connectivity index (χ0) is 11.1. The minimum absolute atomic E-state index is 0.268. The molecule has 0 saturated heterocycles. The third-order valence-electron chi connectivity index (χ3n) is 2.73. The molecule has 88 valence electrons. The predicted molar refractivity (Wildman–Crippen MR) is 66.6 cm³/mol. The van der Waals surface area contributed by atoms with Gasteiger partial charge in [0, 0.05) is 11.0 Å². The summed E-state index contributed by atoms with van der Waals surface area (Å²) in [6.45, 7) is 5.31. The molecular formula is C11H22N2OS. The first-order valence-electron chi connectivity index (χ1n) is 5.66. The Morgan fingerprint density at radius 2 is 2.47 bits per heavy atom. The van der Waals surface area contributed by atoms with Gasteiger partial charge in [0.05, 0.1) is 18.9 Å². The monoisotopic (exact) mass is 230 g/mol. The third kappa shape index (κ3) is 4.45. The SMILES string of the molecule is CCC(C)SCC(NN)C1=COCCC1. The largest absolute Gasteiger partial charge is 0.501 e. The van der Waals surface area contributed by atoms with Crippen LogP contribution in [0.3, 0.4) is 0 Å². The van der Waals surface area contributed by atoms with Gasteiger partial charge in [0.15, 0.2) is 0 Å². The predicted octanol–water partition coefficient (Wildman–Crippen LogP) is 2.04. The first-order chi connectivity index (χ1) is 7.27. The standard InChI is InChI=1S/C11H22N2OS/c1-3-9(2)15-8-11(13-12)10-5-4-6-14-7-10/h7,9,11,13H,3-6,8,12H2,1-2H3. The smallest absolute Gasteiger partial charge is 0.0876 e. The van der Waals surface area contributed by atoms with Gasteiger partial charge in [0.2, 0.25) is 0 Å². The average molecular weight is 230 g/mol. The fourth-order valence-electron chi connectivity index (χ4n) is 1.48. The highest BCUT2D eigenvalue weighted by atomic mass is 32.2. The number of nitrogens with two attached hydrogens (primary N) is 1. The molecule has 4 heteroatoms.